The van der Waals surface area contributed by atoms with Gasteiger partial charge in [0.25, 0.3) is 0 Å². The van der Waals surface area contributed by atoms with Gasteiger partial charge in [-0.3, -0.25) is 4.68 Å². The highest BCUT2D eigenvalue weighted by Crippen LogP contribution is 2.29. The van der Waals surface area contributed by atoms with E-state index in [1.807, 2.05) is 25.3 Å². The van der Waals surface area contributed by atoms with E-state index in [-0.39, 0.29) is 0 Å². The van der Waals surface area contributed by atoms with E-state index in [4.69, 9.17) is 4.42 Å². The first-order chi connectivity index (χ1) is 9.24. The molecular weight excluding hydrogens is 240 g/mol. The van der Waals surface area contributed by atoms with Crippen molar-refractivity contribution >= 4 is 0 Å². The van der Waals surface area contributed by atoms with Crippen LogP contribution >= 0.6 is 0 Å². The molecule has 1 unspecified atom stereocenters. The van der Waals surface area contributed by atoms with Crippen molar-refractivity contribution in [3.8, 4) is 0 Å². The molecule has 1 N–H and O–H groups in total. The fraction of sp³-hybridized carbons (Fsp3) is 0.533. The van der Waals surface area contributed by atoms with Crippen LogP contribution in [0.1, 0.15) is 54.8 Å². The summed E-state index contributed by atoms with van der Waals surface area (Å²) in [5.41, 5.74) is 1.91. The number of furan rings is 1. The number of aryl methyl sites for hydroxylation is 1. The third-order valence-electron chi connectivity index (χ3n) is 3.97. The number of aromatic nitrogens is 2. The maximum Gasteiger partial charge on any atom is 0.135 e. The topological polar surface area (TPSA) is 51.2 Å². The molecule has 1 aliphatic rings. The summed E-state index contributed by atoms with van der Waals surface area (Å²) in [5.74, 6) is 0.649. The van der Waals surface area contributed by atoms with Gasteiger partial charge in [0.15, 0.2) is 0 Å². The Kier molecular flexibility index (Phi) is 3.42. The Labute approximate surface area is 113 Å². The van der Waals surface area contributed by atoms with Crippen molar-refractivity contribution in [3.05, 3.63) is 41.6 Å². The van der Waals surface area contributed by atoms with Crippen LogP contribution in [0.4, 0.5) is 0 Å². The average molecular weight is 260 g/mol. The van der Waals surface area contributed by atoms with E-state index in [9.17, 15) is 5.11 Å². The van der Waals surface area contributed by atoms with Crippen molar-refractivity contribution in [2.24, 2.45) is 0 Å². The highest BCUT2D eigenvalue weighted by Gasteiger charge is 2.19. The van der Waals surface area contributed by atoms with E-state index >= 15 is 0 Å². The van der Waals surface area contributed by atoms with E-state index in [0.717, 1.165) is 11.3 Å². The third kappa shape index (κ3) is 2.59. The summed E-state index contributed by atoms with van der Waals surface area (Å²) in [5, 5.41) is 14.8. The zero-order valence-corrected chi connectivity index (χ0v) is 11.2. The molecule has 4 nitrogen and oxygen atoms in total. The van der Waals surface area contributed by atoms with Gasteiger partial charge in [0.1, 0.15) is 11.9 Å². The number of aliphatic hydroxyl groups is 1. The summed E-state index contributed by atoms with van der Waals surface area (Å²) in [4.78, 5) is 0. The van der Waals surface area contributed by atoms with Crippen LogP contribution in [-0.4, -0.2) is 14.9 Å². The maximum absolute atomic E-state index is 10.2. The van der Waals surface area contributed by atoms with Gasteiger partial charge in [-0.15, -0.1) is 0 Å². The average Bonchev–Trinajstić information content (AvgIpc) is 3.07. The number of aliphatic hydroxyl groups excluding tert-OH is 1. The van der Waals surface area contributed by atoms with Crippen LogP contribution < -0.4 is 0 Å². The zero-order chi connectivity index (χ0) is 13.2. The molecule has 1 atom stereocenters. The summed E-state index contributed by atoms with van der Waals surface area (Å²) in [6.45, 7) is 1.94. The Bertz CT molecular complexity index is 538. The lowest BCUT2D eigenvalue weighted by Crippen LogP contribution is -2.07. The van der Waals surface area contributed by atoms with Gasteiger partial charge in [-0.05, 0) is 37.5 Å². The smallest absolute Gasteiger partial charge is 0.135 e. The second kappa shape index (κ2) is 5.21. The molecule has 2 aromatic heterocycles. The zero-order valence-electron chi connectivity index (χ0n) is 11.2. The molecule has 0 aromatic carbocycles. The lowest BCUT2D eigenvalue weighted by atomic mass is 10.1. The molecule has 2 aromatic rings. The minimum Gasteiger partial charge on any atom is -0.466 e. The second-order valence-electron chi connectivity index (χ2n) is 5.41. The molecule has 4 heteroatoms. The van der Waals surface area contributed by atoms with Gasteiger partial charge in [0, 0.05) is 12.6 Å². The normalized spacial score (nSPS) is 18.0. The Morgan fingerprint density at radius 3 is 2.89 bits per heavy atom. The molecule has 0 saturated heterocycles. The molecule has 1 saturated carbocycles. The largest absolute Gasteiger partial charge is 0.466 e. The van der Waals surface area contributed by atoms with Crippen LogP contribution in [0.15, 0.2) is 29.0 Å². The predicted molar refractivity (Wildman–Crippen MR) is 71.8 cm³/mol. The molecule has 19 heavy (non-hydrogen) atoms. The molecular formula is C15H20N2O2. The van der Waals surface area contributed by atoms with Crippen LogP contribution in [0.25, 0.3) is 0 Å². The first-order valence-electron chi connectivity index (χ1n) is 7.00. The third-order valence-corrected chi connectivity index (χ3v) is 3.97. The lowest BCUT2D eigenvalue weighted by molar-refractivity contribution is 0.148. The standard InChI is InChI=1S/C15H20N2O2/c1-11-7-9-19-15(11)14(18)10-12-6-8-17(16-12)13-4-2-3-5-13/h6-9,13-14,18H,2-5,10H2,1H3. The number of rotatable bonds is 4. The molecule has 0 radical (unpaired) electrons. The first-order valence-corrected chi connectivity index (χ1v) is 7.00. The molecule has 0 bridgehead atoms. The number of hydrogen-bond acceptors (Lipinski definition) is 3. The molecule has 2 heterocycles. The van der Waals surface area contributed by atoms with Crippen molar-refractivity contribution in [1.29, 1.82) is 0 Å². The van der Waals surface area contributed by atoms with Gasteiger partial charge in [-0.1, -0.05) is 12.8 Å². The Morgan fingerprint density at radius 2 is 2.21 bits per heavy atom. The minimum atomic E-state index is -0.609. The second-order valence-corrected chi connectivity index (χ2v) is 5.41. The first kappa shape index (κ1) is 12.5. The van der Waals surface area contributed by atoms with E-state index in [0.29, 0.717) is 18.2 Å². The Morgan fingerprint density at radius 1 is 1.42 bits per heavy atom. The van der Waals surface area contributed by atoms with Crippen LogP contribution in [0.3, 0.4) is 0 Å². The number of hydrogen-bond donors (Lipinski definition) is 1. The van der Waals surface area contributed by atoms with Crippen molar-refractivity contribution < 1.29 is 9.52 Å². The van der Waals surface area contributed by atoms with E-state index < -0.39 is 6.10 Å². The van der Waals surface area contributed by atoms with Gasteiger partial charge in [0.05, 0.1) is 18.0 Å². The maximum atomic E-state index is 10.2. The van der Waals surface area contributed by atoms with Gasteiger partial charge >= 0.3 is 0 Å². The summed E-state index contributed by atoms with van der Waals surface area (Å²) in [7, 11) is 0. The van der Waals surface area contributed by atoms with Gasteiger partial charge < -0.3 is 9.52 Å². The van der Waals surface area contributed by atoms with Gasteiger partial charge in [-0.25, -0.2) is 0 Å². The fourth-order valence-electron chi connectivity index (χ4n) is 2.88. The highest BCUT2D eigenvalue weighted by atomic mass is 16.4. The molecule has 1 fully saturated rings. The number of nitrogens with zero attached hydrogens (tertiary/aromatic N) is 2. The molecule has 3 rings (SSSR count). The van der Waals surface area contributed by atoms with Gasteiger partial charge in [0.2, 0.25) is 0 Å². The van der Waals surface area contributed by atoms with Crippen LogP contribution in [0.5, 0.6) is 0 Å². The van der Waals surface area contributed by atoms with E-state index in [1.165, 1.54) is 25.7 Å². The Hall–Kier alpha value is -1.55. The highest BCUT2D eigenvalue weighted by molar-refractivity contribution is 5.18. The van der Waals surface area contributed by atoms with Crippen LogP contribution in [0.2, 0.25) is 0 Å². The van der Waals surface area contributed by atoms with E-state index in [2.05, 4.69) is 9.78 Å². The van der Waals surface area contributed by atoms with Crippen molar-refractivity contribution in [1.82, 2.24) is 9.78 Å². The van der Waals surface area contributed by atoms with E-state index in [1.54, 1.807) is 6.26 Å². The molecule has 0 aliphatic heterocycles. The predicted octanol–water partition coefficient (Wildman–Crippen LogP) is 3.18. The summed E-state index contributed by atoms with van der Waals surface area (Å²) < 4.78 is 7.38. The minimum absolute atomic E-state index is 0.508. The summed E-state index contributed by atoms with van der Waals surface area (Å²) in [6, 6.07) is 4.42. The van der Waals surface area contributed by atoms with Crippen LogP contribution in [0, 0.1) is 6.92 Å². The molecule has 1 aliphatic carbocycles. The van der Waals surface area contributed by atoms with Crippen LogP contribution in [-0.2, 0) is 6.42 Å². The van der Waals surface area contributed by atoms with Gasteiger partial charge in [-0.2, -0.15) is 5.10 Å². The quantitative estimate of drug-likeness (QED) is 0.918. The van der Waals surface area contributed by atoms with Crippen molar-refractivity contribution in [2.75, 3.05) is 0 Å². The molecule has 0 spiro atoms. The summed E-state index contributed by atoms with van der Waals surface area (Å²) >= 11 is 0. The molecule has 102 valence electrons. The Balaban J connectivity index is 1.68. The monoisotopic (exact) mass is 260 g/mol. The summed E-state index contributed by atoms with van der Waals surface area (Å²) in [6.07, 6.45) is 8.60. The van der Waals surface area contributed by atoms with Crippen molar-refractivity contribution in [2.45, 2.75) is 51.2 Å². The molecule has 0 amide bonds. The van der Waals surface area contributed by atoms with Crippen molar-refractivity contribution in [3.63, 3.8) is 0 Å². The fourth-order valence-corrected chi connectivity index (χ4v) is 2.88. The SMILES string of the molecule is Cc1ccoc1C(O)Cc1ccn(C2CCCC2)n1. The lowest BCUT2D eigenvalue weighted by Gasteiger charge is -2.10.